The molecular weight excluding hydrogens is 250 g/mol. The lowest BCUT2D eigenvalue weighted by atomic mass is 10.1. The van der Waals surface area contributed by atoms with Crippen LogP contribution in [0.5, 0.6) is 0 Å². The quantitative estimate of drug-likeness (QED) is 0.796. The third-order valence-electron chi connectivity index (χ3n) is 2.95. The van der Waals surface area contributed by atoms with Gasteiger partial charge in [0.1, 0.15) is 15.7 Å². The van der Waals surface area contributed by atoms with Gasteiger partial charge in [0, 0.05) is 18.1 Å². The van der Waals surface area contributed by atoms with Crippen molar-refractivity contribution in [1.29, 1.82) is 0 Å². The van der Waals surface area contributed by atoms with E-state index in [0.717, 1.165) is 28.6 Å². The predicted molar refractivity (Wildman–Crippen MR) is 69.0 cm³/mol. The molecule has 3 rings (SSSR count). The van der Waals surface area contributed by atoms with Gasteiger partial charge in [-0.1, -0.05) is 23.5 Å². The molecule has 0 N–H and O–H groups in total. The Hall–Kier alpha value is -1.66. The van der Waals surface area contributed by atoms with Gasteiger partial charge >= 0.3 is 0 Å². The van der Waals surface area contributed by atoms with E-state index in [4.69, 9.17) is 4.74 Å². The molecule has 1 unspecified atom stereocenters. The van der Waals surface area contributed by atoms with E-state index < -0.39 is 0 Å². The van der Waals surface area contributed by atoms with Crippen molar-refractivity contribution in [2.24, 2.45) is 5.18 Å². The molecule has 6 heteroatoms. The van der Waals surface area contributed by atoms with Crippen molar-refractivity contribution in [3.8, 4) is 10.6 Å². The van der Waals surface area contributed by atoms with Crippen LogP contribution < -0.4 is 0 Å². The van der Waals surface area contributed by atoms with Gasteiger partial charge in [-0.15, -0.1) is 15.1 Å². The molecule has 1 aromatic heterocycles. The van der Waals surface area contributed by atoms with Crippen molar-refractivity contribution in [2.45, 2.75) is 12.3 Å². The van der Waals surface area contributed by atoms with Crippen LogP contribution in [0.1, 0.15) is 17.3 Å². The maximum Gasteiger partial charge on any atom is 0.150 e. The lowest BCUT2D eigenvalue weighted by Crippen LogP contribution is -1.95. The molecule has 0 amide bonds. The molecule has 1 saturated heterocycles. The van der Waals surface area contributed by atoms with Crippen molar-refractivity contribution in [2.75, 3.05) is 13.2 Å². The molecule has 5 nitrogen and oxygen atoms in total. The fourth-order valence-corrected chi connectivity index (χ4v) is 2.97. The first-order chi connectivity index (χ1) is 8.88. The molecule has 1 aliphatic rings. The van der Waals surface area contributed by atoms with Crippen molar-refractivity contribution >= 4 is 17.0 Å². The monoisotopic (exact) mass is 261 g/mol. The number of ether oxygens (including phenoxy) is 1. The standard InChI is InChI=1S/C12H11N3O2S/c16-15-10-4-2-1-3-9(10)12-14-13-11(18-12)8-5-6-17-7-8/h1-4,8H,5-7H2. The van der Waals surface area contributed by atoms with Crippen LogP contribution in [-0.2, 0) is 4.74 Å². The maximum absolute atomic E-state index is 10.8. The number of nitrogens with zero attached hydrogens (tertiary/aromatic N) is 3. The van der Waals surface area contributed by atoms with Gasteiger partial charge in [0.25, 0.3) is 0 Å². The van der Waals surface area contributed by atoms with Crippen LogP contribution in [0.25, 0.3) is 10.6 Å². The Kier molecular flexibility index (Phi) is 3.12. The second-order valence-corrected chi connectivity index (χ2v) is 5.12. The zero-order valence-corrected chi connectivity index (χ0v) is 10.4. The SMILES string of the molecule is O=Nc1ccccc1-c1nnc(C2CCOC2)s1. The fraction of sp³-hybridized carbons (Fsp3) is 0.333. The van der Waals surface area contributed by atoms with E-state index in [0.29, 0.717) is 18.2 Å². The highest BCUT2D eigenvalue weighted by molar-refractivity contribution is 7.14. The molecular formula is C12H11N3O2S. The summed E-state index contributed by atoms with van der Waals surface area (Å²) < 4.78 is 5.34. The Morgan fingerprint density at radius 2 is 2.22 bits per heavy atom. The summed E-state index contributed by atoms with van der Waals surface area (Å²) in [5.41, 5.74) is 1.15. The number of benzene rings is 1. The third-order valence-corrected chi connectivity index (χ3v) is 4.07. The molecule has 2 aromatic rings. The van der Waals surface area contributed by atoms with Crippen LogP contribution in [-0.4, -0.2) is 23.4 Å². The molecule has 0 bridgehead atoms. The fourth-order valence-electron chi connectivity index (χ4n) is 1.97. The Morgan fingerprint density at radius 1 is 1.33 bits per heavy atom. The number of rotatable bonds is 3. The first-order valence-corrected chi connectivity index (χ1v) is 6.54. The molecule has 1 aromatic carbocycles. The van der Waals surface area contributed by atoms with E-state index in [1.54, 1.807) is 12.1 Å². The largest absolute Gasteiger partial charge is 0.381 e. The van der Waals surface area contributed by atoms with E-state index in [-0.39, 0.29) is 0 Å². The molecule has 0 spiro atoms. The van der Waals surface area contributed by atoms with E-state index in [1.807, 2.05) is 12.1 Å². The summed E-state index contributed by atoms with van der Waals surface area (Å²) in [4.78, 5) is 10.8. The minimum Gasteiger partial charge on any atom is -0.381 e. The number of hydrogen-bond acceptors (Lipinski definition) is 6. The van der Waals surface area contributed by atoms with E-state index >= 15 is 0 Å². The smallest absolute Gasteiger partial charge is 0.150 e. The molecule has 1 atom stereocenters. The van der Waals surface area contributed by atoms with Gasteiger partial charge in [-0.2, -0.15) is 0 Å². The Balaban J connectivity index is 1.94. The van der Waals surface area contributed by atoms with E-state index in [2.05, 4.69) is 15.4 Å². The summed E-state index contributed by atoms with van der Waals surface area (Å²) in [6, 6.07) is 7.17. The van der Waals surface area contributed by atoms with Crippen LogP contribution in [0.15, 0.2) is 29.4 Å². The van der Waals surface area contributed by atoms with Gasteiger partial charge in [0.2, 0.25) is 0 Å². The van der Waals surface area contributed by atoms with Crippen LogP contribution in [0.2, 0.25) is 0 Å². The summed E-state index contributed by atoms with van der Waals surface area (Å²) in [6.07, 6.45) is 0.988. The molecule has 0 aliphatic carbocycles. The van der Waals surface area contributed by atoms with Gasteiger partial charge in [0.15, 0.2) is 0 Å². The average molecular weight is 261 g/mol. The number of nitroso groups, excluding NO2 is 1. The molecule has 0 radical (unpaired) electrons. The van der Waals surface area contributed by atoms with Crippen LogP contribution in [0.4, 0.5) is 5.69 Å². The van der Waals surface area contributed by atoms with Crippen molar-refractivity contribution < 1.29 is 4.74 Å². The van der Waals surface area contributed by atoms with E-state index in [1.165, 1.54) is 11.3 Å². The van der Waals surface area contributed by atoms with Crippen molar-refractivity contribution in [3.05, 3.63) is 34.2 Å². The molecule has 1 aliphatic heterocycles. The minimum absolute atomic E-state index is 0.340. The Bertz CT molecular complexity index is 564. The topological polar surface area (TPSA) is 64.4 Å². The number of aromatic nitrogens is 2. The van der Waals surface area contributed by atoms with Crippen molar-refractivity contribution in [3.63, 3.8) is 0 Å². The minimum atomic E-state index is 0.340. The normalized spacial score (nSPS) is 19.0. The summed E-state index contributed by atoms with van der Waals surface area (Å²) in [6.45, 7) is 1.49. The van der Waals surface area contributed by atoms with Gasteiger partial charge in [0.05, 0.1) is 6.61 Å². The van der Waals surface area contributed by atoms with E-state index in [9.17, 15) is 4.91 Å². The zero-order chi connectivity index (χ0) is 12.4. The van der Waals surface area contributed by atoms with Gasteiger partial charge in [-0.05, 0) is 23.7 Å². The predicted octanol–water partition coefficient (Wildman–Crippen LogP) is 3.11. The second-order valence-electron chi connectivity index (χ2n) is 4.11. The lowest BCUT2D eigenvalue weighted by molar-refractivity contribution is 0.194. The summed E-state index contributed by atoms with van der Waals surface area (Å²) >= 11 is 1.51. The Morgan fingerprint density at radius 3 is 3.00 bits per heavy atom. The molecule has 2 heterocycles. The molecule has 18 heavy (non-hydrogen) atoms. The second kappa shape index (κ2) is 4.91. The first-order valence-electron chi connectivity index (χ1n) is 5.72. The molecule has 92 valence electrons. The van der Waals surface area contributed by atoms with Crippen LogP contribution in [0.3, 0.4) is 0 Å². The molecule has 1 fully saturated rings. The summed E-state index contributed by atoms with van der Waals surface area (Å²) in [7, 11) is 0. The van der Waals surface area contributed by atoms with Crippen LogP contribution >= 0.6 is 11.3 Å². The highest BCUT2D eigenvalue weighted by atomic mass is 32.1. The highest BCUT2D eigenvalue weighted by Gasteiger charge is 2.22. The van der Waals surface area contributed by atoms with Gasteiger partial charge in [-0.3, -0.25) is 0 Å². The van der Waals surface area contributed by atoms with Gasteiger partial charge in [-0.25, -0.2) is 0 Å². The average Bonchev–Trinajstić information content (AvgIpc) is 3.09. The Labute approximate surface area is 108 Å². The third kappa shape index (κ3) is 2.04. The lowest BCUT2D eigenvalue weighted by Gasteiger charge is -1.99. The highest BCUT2D eigenvalue weighted by Crippen LogP contribution is 2.35. The van der Waals surface area contributed by atoms with Crippen LogP contribution in [0, 0.1) is 4.91 Å². The maximum atomic E-state index is 10.8. The van der Waals surface area contributed by atoms with Crippen molar-refractivity contribution in [1.82, 2.24) is 10.2 Å². The summed E-state index contributed by atoms with van der Waals surface area (Å²) in [5, 5.41) is 13.1. The summed E-state index contributed by atoms with van der Waals surface area (Å²) in [5.74, 6) is 0.340. The molecule has 0 saturated carbocycles. The first kappa shape index (κ1) is 11.4. The number of hydrogen-bond donors (Lipinski definition) is 0. The van der Waals surface area contributed by atoms with Gasteiger partial charge < -0.3 is 4.74 Å². The zero-order valence-electron chi connectivity index (χ0n) is 9.57.